The zero-order chi connectivity index (χ0) is 17.6. The number of carbonyl (C=O) groups excluding carboxylic acids is 1. The van der Waals surface area contributed by atoms with Crippen molar-refractivity contribution in [2.45, 2.75) is 20.1 Å². The van der Waals surface area contributed by atoms with Crippen molar-refractivity contribution in [2.24, 2.45) is 0 Å². The number of carbonyl (C=O) groups is 1. The number of benzene rings is 2. The number of anilines is 1. The third-order valence-electron chi connectivity index (χ3n) is 3.67. The zero-order valence-electron chi connectivity index (χ0n) is 13.8. The lowest BCUT2D eigenvalue weighted by molar-refractivity contribution is 0.102. The molecule has 128 valence electrons. The van der Waals surface area contributed by atoms with Crippen LogP contribution < -0.4 is 10.1 Å². The number of hydrogen-bond acceptors (Lipinski definition) is 3. The van der Waals surface area contributed by atoms with Gasteiger partial charge in [0.2, 0.25) is 0 Å². The average molecular weight is 400 g/mol. The van der Waals surface area contributed by atoms with Crippen molar-refractivity contribution in [3.05, 3.63) is 76.5 Å². The standard InChI is InChI=1S/C19H18BrN3O2/c1-2-14-6-8-18(9-7-14)25-13-23-12-17(11-21-23)22-19(24)15-4-3-5-16(20)10-15/h3-12H,2,13H2,1H3,(H,22,24). The van der Waals surface area contributed by atoms with Crippen LogP contribution in [0.5, 0.6) is 5.75 Å². The van der Waals surface area contributed by atoms with Crippen LogP contribution in [0.1, 0.15) is 22.8 Å². The summed E-state index contributed by atoms with van der Waals surface area (Å²) < 4.78 is 8.18. The Morgan fingerprint density at radius 1 is 1.24 bits per heavy atom. The molecule has 6 heteroatoms. The van der Waals surface area contributed by atoms with E-state index >= 15 is 0 Å². The average Bonchev–Trinajstić information content (AvgIpc) is 3.08. The first-order valence-electron chi connectivity index (χ1n) is 7.95. The highest BCUT2D eigenvalue weighted by Crippen LogP contribution is 2.15. The van der Waals surface area contributed by atoms with E-state index in [1.165, 1.54) is 5.56 Å². The second kappa shape index (κ2) is 7.98. The highest BCUT2D eigenvalue weighted by atomic mass is 79.9. The van der Waals surface area contributed by atoms with Crippen molar-refractivity contribution < 1.29 is 9.53 Å². The molecule has 0 aliphatic heterocycles. The molecule has 1 amide bonds. The van der Waals surface area contributed by atoms with E-state index in [0.29, 0.717) is 11.3 Å². The maximum atomic E-state index is 12.2. The quantitative estimate of drug-likeness (QED) is 0.663. The molecule has 0 unspecified atom stereocenters. The molecule has 0 atom stereocenters. The molecule has 0 radical (unpaired) electrons. The lowest BCUT2D eigenvalue weighted by atomic mass is 10.2. The zero-order valence-corrected chi connectivity index (χ0v) is 15.4. The lowest BCUT2D eigenvalue weighted by Gasteiger charge is -2.06. The number of ether oxygens (including phenoxy) is 1. The van der Waals surface area contributed by atoms with Gasteiger partial charge < -0.3 is 10.1 Å². The lowest BCUT2D eigenvalue weighted by Crippen LogP contribution is -2.11. The molecule has 0 bridgehead atoms. The maximum Gasteiger partial charge on any atom is 0.255 e. The van der Waals surface area contributed by atoms with Crippen LogP contribution in [0.4, 0.5) is 5.69 Å². The second-order valence-electron chi connectivity index (χ2n) is 5.50. The van der Waals surface area contributed by atoms with E-state index in [2.05, 4.69) is 33.3 Å². The molecule has 25 heavy (non-hydrogen) atoms. The van der Waals surface area contributed by atoms with E-state index in [1.807, 2.05) is 36.4 Å². The van der Waals surface area contributed by atoms with Crippen molar-refractivity contribution in [3.63, 3.8) is 0 Å². The number of rotatable bonds is 6. The first-order chi connectivity index (χ1) is 12.1. The summed E-state index contributed by atoms with van der Waals surface area (Å²) in [5.74, 6) is 0.601. The molecule has 0 spiro atoms. The van der Waals surface area contributed by atoms with Gasteiger partial charge in [0.1, 0.15) is 5.75 Å². The van der Waals surface area contributed by atoms with Crippen LogP contribution in [0, 0.1) is 0 Å². The summed E-state index contributed by atoms with van der Waals surface area (Å²) in [6.07, 6.45) is 4.33. The van der Waals surface area contributed by atoms with Crippen LogP contribution in [-0.2, 0) is 13.2 Å². The first-order valence-corrected chi connectivity index (χ1v) is 8.74. The molecule has 0 fully saturated rings. The summed E-state index contributed by atoms with van der Waals surface area (Å²) in [4.78, 5) is 12.2. The SMILES string of the molecule is CCc1ccc(OCn2cc(NC(=O)c3cccc(Br)c3)cn2)cc1. The molecular formula is C19H18BrN3O2. The van der Waals surface area contributed by atoms with Crippen LogP contribution in [-0.4, -0.2) is 15.7 Å². The minimum Gasteiger partial charge on any atom is -0.471 e. The minimum atomic E-state index is -0.183. The van der Waals surface area contributed by atoms with E-state index < -0.39 is 0 Å². The van der Waals surface area contributed by atoms with Gasteiger partial charge in [0, 0.05) is 10.0 Å². The van der Waals surface area contributed by atoms with Crippen LogP contribution in [0.15, 0.2) is 65.4 Å². The third kappa shape index (κ3) is 4.70. The molecule has 5 nitrogen and oxygen atoms in total. The molecule has 1 aromatic heterocycles. The Morgan fingerprint density at radius 2 is 2.04 bits per heavy atom. The molecule has 1 N–H and O–H groups in total. The van der Waals surface area contributed by atoms with Gasteiger partial charge in [-0.1, -0.05) is 41.1 Å². The highest BCUT2D eigenvalue weighted by molar-refractivity contribution is 9.10. The van der Waals surface area contributed by atoms with Crippen molar-refractivity contribution in [2.75, 3.05) is 5.32 Å². The molecule has 1 heterocycles. The summed E-state index contributed by atoms with van der Waals surface area (Å²) in [7, 11) is 0. The smallest absolute Gasteiger partial charge is 0.255 e. The number of hydrogen-bond donors (Lipinski definition) is 1. The van der Waals surface area contributed by atoms with Crippen molar-refractivity contribution in [1.82, 2.24) is 9.78 Å². The molecule has 2 aromatic carbocycles. The van der Waals surface area contributed by atoms with E-state index in [1.54, 1.807) is 29.2 Å². The summed E-state index contributed by atoms with van der Waals surface area (Å²) in [6, 6.07) is 15.2. The van der Waals surface area contributed by atoms with Gasteiger partial charge in [-0.2, -0.15) is 5.10 Å². The summed E-state index contributed by atoms with van der Waals surface area (Å²) in [5.41, 5.74) is 2.47. The highest BCUT2D eigenvalue weighted by Gasteiger charge is 2.08. The number of amides is 1. The Kier molecular flexibility index (Phi) is 5.50. The number of halogens is 1. The summed E-state index contributed by atoms with van der Waals surface area (Å²) >= 11 is 3.36. The molecule has 0 saturated carbocycles. The first kappa shape index (κ1) is 17.2. The van der Waals surface area contributed by atoms with Gasteiger partial charge in [-0.15, -0.1) is 0 Å². The van der Waals surface area contributed by atoms with Crippen LogP contribution in [0.25, 0.3) is 0 Å². The topological polar surface area (TPSA) is 56.1 Å². The van der Waals surface area contributed by atoms with Crippen molar-refractivity contribution in [1.29, 1.82) is 0 Å². The molecule has 0 aliphatic rings. The fraction of sp³-hybridized carbons (Fsp3) is 0.158. The Balaban J connectivity index is 1.57. The van der Waals surface area contributed by atoms with E-state index in [-0.39, 0.29) is 12.6 Å². The predicted octanol–water partition coefficient (Wildman–Crippen LogP) is 4.50. The van der Waals surface area contributed by atoms with E-state index in [9.17, 15) is 4.79 Å². The second-order valence-corrected chi connectivity index (χ2v) is 6.42. The largest absolute Gasteiger partial charge is 0.471 e. The van der Waals surface area contributed by atoms with Crippen LogP contribution in [0.2, 0.25) is 0 Å². The Labute approximate surface area is 154 Å². The number of aromatic nitrogens is 2. The predicted molar refractivity (Wildman–Crippen MR) is 101 cm³/mol. The molecule has 3 rings (SSSR count). The van der Waals surface area contributed by atoms with Gasteiger partial charge in [0.15, 0.2) is 6.73 Å². The summed E-state index contributed by atoms with van der Waals surface area (Å²) in [6.45, 7) is 2.39. The van der Waals surface area contributed by atoms with Gasteiger partial charge in [-0.05, 0) is 42.3 Å². The fourth-order valence-corrected chi connectivity index (χ4v) is 2.69. The minimum absolute atomic E-state index is 0.183. The van der Waals surface area contributed by atoms with Gasteiger partial charge >= 0.3 is 0 Å². The molecular weight excluding hydrogens is 382 g/mol. The van der Waals surface area contributed by atoms with E-state index in [0.717, 1.165) is 16.6 Å². The monoisotopic (exact) mass is 399 g/mol. The fourth-order valence-electron chi connectivity index (χ4n) is 2.29. The number of nitrogens with one attached hydrogen (secondary N) is 1. The Morgan fingerprint density at radius 3 is 2.76 bits per heavy atom. The van der Waals surface area contributed by atoms with Crippen molar-refractivity contribution >= 4 is 27.5 Å². The maximum absolute atomic E-state index is 12.2. The van der Waals surface area contributed by atoms with Gasteiger partial charge in [0.05, 0.1) is 18.1 Å². The summed E-state index contributed by atoms with van der Waals surface area (Å²) in [5, 5.41) is 7.02. The number of nitrogens with zero attached hydrogens (tertiary/aromatic N) is 2. The normalized spacial score (nSPS) is 10.5. The van der Waals surface area contributed by atoms with Crippen molar-refractivity contribution in [3.8, 4) is 5.75 Å². The molecule has 0 saturated heterocycles. The molecule has 0 aliphatic carbocycles. The molecule has 3 aromatic rings. The van der Waals surface area contributed by atoms with Crippen LogP contribution >= 0.6 is 15.9 Å². The van der Waals surface area contributed by atoms with Gasteiger partial charge in [-0.3, -0.25) is 4.79 Å². The van der Waals surface area contributed by atoms with Crippen LogP contribution in [0.3, 0.4) is 0 Å². The third-order valence-corrected chi connectivity index (χ3v) is 4.17. The van der Waals surface area contributed by atoms with E-state index in [4.69, 9.17) is 4.74 Å². The van der Waals surface area contributed by atoms with Gasteiger partial charge in [-0.25, -0.2) is 4.68 Å². The van der Waals surface area contributed by atoms with Gasteiger partial charge in [0.25, 0.3) is 5.91 Å². The Hall–Kier alpha value is -2.60. The Bertz CT molecular complexity index is 859. The number of aryl methyl sites for hydroxylation is 1.